The van der Waals surface area contributed by atoms with E-state index in [4.69, 9.17) is 16.3 Å². The van der Waals surface area contributed by atoms with Gasteiger partial charge in [0.2, 0.25) is 0 Å². The average molecular weight is 417 g/mol. The van der Waals surface area contributed by atoms with Crippen molar-refractivity contribution in [3.8, 4) is 0 Å². The number of rotatable bonds is 4. The van der Waals surface area contributed by atoms with E-state index in [9.17, 15) is 4.79 Å². The molecule has 0 radical (unpaired) electrons. The molecule has 2 bridgehead atoms. The van der Waals surface area contributed by atoms with E-state index in [1.165, 1.54) is 0 Å². The van der Waals surface area contributed by atoms with Crippen molar-refractivity contribution in [1.29, 1.82) is 0 Å². The topological polar surface area (TPSA) is 58.6 Å². The van der Waals surface area contributed by atoms with Gasteiger partial charge in [0, 0.05) is 42.8 Å². The fourth-order valence-corrected chi connectivity index (χ4v) is 5.00. The average Bonchev–Trinajstić information content (AvgIpc) is 2.87. The van der Waals surface area contributed by atoms with Crippen LogP contribution in [0.3, 0.4) is 0 Å². The van der Waals surface area contributed by atoms with Crippen molar-refractivity contribution in [3.63, 3.8) is 0 Å². The number of nitrogens with zero attached hydrogens (tertiary/aromatic N) is 4. The summed E-state index contributed by atoms with van der Waals surface area (Å²) in [5, 5.41) is 1.48. The predicted molar refractivity (Wildman–Crippen MR) is 115 cm³/mol. The van der Waals surface area contributed by atoms with Gasteiger partial charge < -0.3 is 9.64 Å². The van der Waals surface area contributed by atoms with Gasteiger partial charge in [-0.05, 0) is 58.6 Å². The highest BCUT2D eigenvalue weighted by atomic mass is 35.5. The molecular weight excluding hydrogens is 388 g/mol. The second kappa shape index (κ2) is 7.73. The van der Waals surface area contributed by atoms with Crippen LogP contribution in [-0.2, 0) is 9.53 Å². The number of halogens is 1. The maximum Gasteiger partial charge on any atom is 0.320 e. The number of ether oxygens (including phenoxy) is 1. The number of pyridine rings is 2. The lowest BCUT2D eigenvalue weighted by Gasteiger charge is -2.42. The van der Waals surface area contributed by atoms with Crippen molar-refractivity contribution in [2.24, 2.45) is 0 Å². The summed E-state index contributed by atoms with van der Waals surface area (Å²) in [6, 6.07) is 6.94. The van der Waals surface area contributed by atoms with Gasteiger partial charge in [0.1, 0.15) is 16.6 Å². The maximum absolute atomic E-state index is 12.4. The first kappa shape index (κ1) is 20.4. The number of carbonyl (C=O) groups excluding carboxylic acids is 1. The third-order valence-corrected chi connectivity index (χ3v) is 6.21. The Balaban J connectivity index is 1.50. The fraction of sp³-hybridized carbons (Fsp3) is 0.591. The Kier molecular flexibility index (Phi) is 5.42. The minimum atomic E-state index is -0.442. The molecule has 0 amide bonds. The molecule has 0 saturated carbocycles. The van der Waals surface area contributed by atoms with E-state index in [1.807, 2.05) is 32.9 Å². The molecule has 4 heterocycles. The van der Waals surface area contributed by atoms with Crippen LogP contribution in [0, 0.1) is 0 Å². The van der Waals surface area contributed by atoms with Crippen molar-refractivity contribution >= 4 is 34.3 Å². The van der Waals surface area contributed by atoms with Gasteiger partial charge in [-0.3, -0.25) is 14.7 Å². The highest BCUT2D eigenvalue weighted by Gasteiger charge is 2.43. The molecule has 2 fully saturated rings. The Labute approximate surface area is 177 Å². The van der Waals surface area contributed by atoms with Crippen LogP contribution in [0.5, 0.6) is 0 Å². The first-order valence-electron chi connectivity index (χ1n) is 10.3. The molecule has 0 aromatic carbocycles. The largest absolute Gasteiger partial charge is 0.459 e. The Hall–Kier alpha value is -1.92. The number of hydrogen-bond acceptors (Lipinski definition) is 6. The number of fused-ring (bicyclic) bond motifs is 3. The van der Waals surface area contributed by atoms with Crippen LogP contribution >= 0.6 is 11.6 Å². The lowest BCUT2D eigenvalue weighted by Crippen LogP contribution is -2.51. The molecule has 156 valence electrons. The predicted octanol–water partition coefficient (Wildman–Crippen LogP) is 4.06. The lowest BCUT2D eigenvalue weighted by molar-refractivity contribution is -0.157. The summed E-state index contributed by atoms with van der Waals surface area (Å²) in [6.07, 6.45) is 6.04. The van der Waals surface area contributed by atoms with Crippen LogP contribution in [0.4, 0.5) is 5.82 Å². The molecule has 6 nitrogen and oxygen atoms in total. The van der Waals surface area contributed by atoms with E-state index in [0.717, 1.165) is 42.4 Å². The van der Waals surface area contributed by atoms with E-state index in [1.54, 1.807) is 12.3 Å². The standard InChI is InChI=1S/C22H29ClN4O2/c1-22(2,3)29-20(28)13-27-14-7-8-15(27)11-16(10-14)26(4)21-17-6-5-9-24-18(17)12-19(23)25-21/h5-6,9,12,14-16H,7-8,10-11,13H2,1-4H3/t14-,15+,16-. The SMILES string of the molecule is CN(c1nc(Cl)cc2ncccc12)[C@@H]1C[C@H]2CC[C@@H](C1)N2CC(=O)OC(C)(C)C. The Morgan fingerprint density at radius 3 is 2.66 bits per heavy atom. The summed E-state index contributed by atoms with van der Waals surface area (Å²) in [7, 11) is 2.10. The van der Waals surface area contributed by atoms with Gasteiger partial charge >= 0.3 is 5.97 Å². The van der Waals surface area contributed by atoms with Gasteiger partial charge in [-0.15, -0.1) is 0 Å². The van der Waals surface area contributed by atoms with E-state index in [2.05, 4.69) is 26.8 Å². The highest BCUT2D eigenvalue weighted by Crippen LogP contribution is 2.39. The van der Waals surface area contributed by atoms with E-state index < -0.39 is 5.60 Å². The normalized spacial score (nSPS) is 24.7. The zero-order valence-corrected chi connectivity index (χ0v) is 18.3. The van der Waals surface area contributed by atoms with Crippen LogP contribution in [0.25, 0.3) is 10.9 Å². The summed E-state index contributed by atoms with van der Waals surface area (Å²) < 4.78 is 5.55. The first-order chi connectivity index (χ1) is 13.7. The molecule has 3 atom stereocenters. The number of aromatic nitrogens is 2. The van der Waals surface area contributed by atoms with Crippen molar-refractivity contribution in [2.45, 2.75) is 70.2 Å². The Morgan fingerprint density at radius 1 is 1.31 bits per heavy atom. The summed E-state index contributed by atoms with van der Waals surface area (Å²) in [6.45, 7) is 6.12. The van der Waals surface area contributed by atoms with Gasteiger partial charge in [-0.1, -0.05) is 11.6 Å². The van der Waals surface area contributed by atoms with Crippen molar-refractivity contribution in [2.75, 3.05) is 18.5 Å². The molecule has 0 N–H and O–H groups in total. The number of hydrogen-bond donors (Lipinski definition) is 0. The fourth-order valence-electron chi connectivity index (χ4n) is 4.81. The molecule has 2 aromatic rings. The van der Waals surface area contributed by atoms with Crippen molar-refractivity contribution < 1.29 is 9.53 Å². The van der Waals surface area contributed by atoms with Crippen LogP contribution in [0.1, 0.15) is 46.5 Å². The zero-order valence-electron chi connectivity index (χ0n) is 17.6. The van der Waals surface area contributed by atoms with Gasteiger partial charge in [-0.2, -0.15) is 0 Å². The zero-order chi connectivity index (χ0) is 20.8. The van der Waals surface area contributed by atoms with Crippen LogP contribution in [0.2, 0.25) is 5.15 Å². The van der Waals surface area contributed by atoms with Gasteiger partial charge in [0.25, 0.3) is 0 Å². The summed E-state index contributed by atoms with van der Waals surface area (Å²) >= 11 is 6.27. The second-order valence-corrected chi connectivity index (χ2v) is 9.61. The van der Waals surface area contributed by atoms with Gasteiger partial charge in [-0.25, -0.2) is 4.98 Å². The molecule has 7 heteroatoms. The quantitative estimate of drug-likeness (QED) is 0.553. The number of piperidine rings is 1. The minimum Gasteiger partial charge on any atom is -0.459 e. The molecule has 0 unspecified atom stereocenters. The first-order valence-corrected chi connectivity index (χ1v) is 10.7. The van der Waals surface area contributed by atoms with E-state index >= 15 is 0 Å². The molecule has 2 aromatic heterocycles. The van der Waals surface area contributed by atoms with Crippen molar-refractivity contribution in [3.05, 3.63) is 29.5 Å². The molecule has 2 aliphatic rings. The maximum atomic E-state index is 12.4. The number of carbonyl (C=O) groups is 1. The van der Waals surface area contributed by atoms with Crippen LogP contribution in [-0.4, -0.2) is 58.2 Å². The third-order valence-electron chi connectivity index (χ3n) is 6.02. The van der Waals surface area contributed by atoms with E-state index in [-0.39, 0.29) is 5.97 Å². The van der Waals surface area contributed by atoms with Crippen LogP contribution in [0.15, 0.2) is 24.4 Å². The van der Waals surface area contributed by atoms with Gasteiger partial charge in [0.15, 0.2) is 0 Å². The number of anilines is 1. The second-order valence-electron chi connectivity index (χ2n) is 9.22. The highest BCUT2D eigenvalue weighted by molar-refractivity contribution is 6.30. The molecule has 2 aliphatic heterocycles. The smallest absolute Gasteiger partial charge is 0.320 e. The Morgan fingerprint density at radius 2 is 2.00 bits per heavy atom. The molecule has 4 rings (SSSR count). The summed E-state index contributed by atoms with van der Waals surface area (Å²) in [4.78, 5) is 26.0. The summed E-state index contributed by atoms with van der Waals surface area (Å²) in [5.41, 5.74) is 0.418. The Bertz CT molecular complexity index is 899. The molecular formula is C22H29ClN4O2. The summed E-state index contributed by atoms with van der Waals surface area (Å²) in [5.74, 6) is 0.750. The monoisotopic (exact) mass is 416 g/mol. The molecule has 29 heavy (non-hydrogen) atoms. The minimum absolute atomic E-state index is 0.130. The van der Waals surface area contributed by atoms with Crippen LogP contribution < -0.4 is 4.90 Å². The molecule has 2 saturated heterocycles. The number of esters is 1. The van der Waals surface area contributed by atoms with E-state index in [0.29, 0.717) is 29.8 Å². The molecule has 0 spiro atoms. The lowest BCUT2D eigenvalue weighted by atomic mass is 9.96. The third kappa shape index (κ3) is 4.33. The molecule has 0 aliphatic carbocycles. The van der Waals surface area contributed by atoms with Crippen molar-refractivity contribution in [1.82, 2.24) is 14.9 Å². The van der Waals surface area contributed by atoms with Gasteiger partial charge in [0.05, 0.1) is 12.1 Å².